The zero-order valence-electron chi connectivity index (χ0n) is 9.71. The van der Waals surface area contributed by atoms with Gasteiger partial charge in [-0.05, 0) is 12.1 Å². The van der Waals surface area contributed by atoms with E-state index in [4.69, 9.17) is 0 Å². The van der Waals surface area contributed by atoms with Crippen molar-refractivity contribution >= 4 is 23.3 Å². The van der Waals surface area contributed by atoms with Gasteiger partial charge in [0.15, 0.2) is 0 Å². The lowest BCUT2D eigenvalue weighted by atomic mass is 10.2. The van der Waals surface area contributed by atoms with Gasteiger partial charge in [-0.2, -0.15) is 0 Å². The number of nitrogens with one attached hydrogen (secondary N) is 1. The number of rotatable bonds is 5. The molecule has 1 aromatic carbocycles. The van der Waals surface area contributed by atoms with E-state index >= 15 is 0 Å². The van der Waals surface area contributed by atoms with Crippen molar-refractivity contribution in [3.05, 3.63) is 34.4 Å². The predicted molar refractivity (Wildman–Crippen MR) is 63.0 cm³/mol. The van der Waals surface area contributed by atoms with Crippen molar-refractivity contribution in [2.24, 2.45) is 0 Å². The van der Waals surface area contributed by atoms with E-state index in [0.29, 0.717) is 5.69 Å². The monoisotopic (exact) mass is 252 g/mol. The lowest BCUT2D eigenvalue weighted by molar-refractivity contribution is -0.384. The highest BCUT2D eigenvalue weighted by Gasteiger charge is 2.08. The van der Waals surface area contributed by atoms with Gasteiger partial charge in [0, 0.05) is 24.2 Å². The van der Waals surface area contributed by atoms with Crippen molar-refractivity contribution in [3.8, 4) is 0 Å². The van der Waals surface area contributed by atoms with Gasteiger partial charge in [0.2, 0.25) is 5.91 Å². The molecule has 1 N–H and O–H groups in total. The van der Waals surface area contributed by atoms with E-state index in [9.17, 15) is 19.7 Å². The fourth-order valence-corrected chi connectivity index (χ4v) is 1.21. The third kappa shape index (κ3) is 4.20. The smallest absolute Gasteiger partial charge is 0.306 e. The number of hydrogen-bond acceptors (Lipinski definition) is 5. The second kappa shape index (κ2) is 6.33. The maximum Gasteiger partial charge on any atom is 0.306 e. The van der Waals surface area contributed by atoms with Gasteiger partial charge in [-0.3, -0.25) is 19.7 Å². The van der Waals surface area contributed by atoms with Crippen LogP contribution in [-0.4, -0.2) is 23.9 Å². The van der Waals surface area contributed by atoms with Crippen LogP contribution < -0.4 is 5.32 Å². The number of non-ortho nitro benzene ring substituents is 1. The molecule has 96 valence electrons. The first-order valence-electron chi connectivity index (χ1n) is 5.14. The molecular formula is C11H12N2O5. The molecule has 0 atom stereocenters. The molecule has 0 saturated carbocycles. The SMILES string of the molecule is COC(=O)CCC(=O)Nc1ccc([N+](=O)[O-])cc1. The number of nitrogens with zero attached hydrogens (tertiary/aromatic N) is 1. The fourth-order valence-electron chi connectivity index (χ4n) is 1.21. The minimum Gasteiger partial charge on any atom is -0.469 e. The number of esters is 1. The first-order chi connectivity index (χ1) is 8.52. The Kier molecular flexibility index (Phi) is 4.79. The maximum atomic E-state index is 11.4. The molecule has 0 aliphatic rings. The number of nitro groups is 1. The van der Waals surface area contributed by atoms with Crippen LogP contribution in [0.2, 0.25) is 0 Å². The summed E-state index contributed by atoms with van der Waals surface area (Å²) in [6.07, 6.45) is -0.00102. The Balaban J connectivity index is 2.49. The standard InChI is InChI=1S/C11H12N2O5/c1-18-11(15)7-6-10(14)12-8-2-4-9(5-3-8)13(16)17/h2-5H,6-7H2,1H3,(H,12,14). The maximum absolute atomic E-state index is 11.4. The van der Waals surface area contributed by atoms with E-state index in [1.165, 1.54) is 31.4 Å². The summed E-state index contributed by atoms with van der Waals surface area (Å²) in [4.78, 5) is 32.1. The topological polar surface area (TPSA) is 98.5 Å². The van der Waals surface area contributed by atoms with E-state index in [-0.39, 0.29) is 24.4 Å². The lowest BCUT2D eigenvalue weighted by Gasteiger charge is -2.04. The van der Waals surface area contributed by atoms with E-state index < -0.39 is 10.9 Å². The molecule has 1 amide bonds. The molecule has 18 heavy (non-hydrogen) atoms. The molecule has 1 aromatic rings. The largest absolute Gasteiger partial charge is 0.469 e. The second-order valence-corrected chi connectivity index (χ2v) is 3.43. The number of carbonyl (C=O) groups is 2. The summed E-state index contributed by atoms with van der Waals surface area (Å²) in [7, 11) is 1.25. The number of hydrogen-bond donors (Lipinski definition) is 1. The van der Waals surface area contributed by atoms with Crippen LogP contribution in [0.5, 0.6) is 0 Å². The van der Waals surface area contributed by atoms with Gasteiger partial charge >= 0.3 is 5.97 Å². The zero-order valence-corrected chi connectivity index (χ0v) is 9.71. The van der Waals surface area contributed by atoms with Crippen LogP contribution in [0.25, 0.3) is 0 Å². The van der Waals surface area contributed by atoms with Crippen molar-refractivity contribution in [2.75, 3.05) is 12.4 Å². The Labute approximate surface area is 103 Å². The van der Waals surface area contributed by atoms with Crippen molar-refractivity contribution < 1.29 is 19.2 Å². The minimum atomic E-state index is -0.525. The number of anilines is 1. The van der Waals surface area contributed by atoms with Crippen LogP contribution in [0, 0.1) is 10.1 Å². The molecule has 1 rings (SSSR count). The number of nitro benzene ring substituents is 1. The van der Waals surface area contributed by atoms with E-state index in [1.54, 1.807) is 0 Å². The molecular weight excluding hydrogens is 240 g/mol. The summed E-state index contributed by atoms with van der Waals surface area (Å²) < 4.78 is 4.40. The zero-order chi connectivity index (χ0) is 13.5. The number of amides is 1. The highest BCUT2D eigenvalue weighted by atomic mass is 16.6. The van der Waals surface area contributed by atoms with Crippen LogP contribution in [0.3, 0.4) is 0 Å². The van der Waals surface area contributed by atoms with Gasteiger partial charge in [0.25, 0.3) is 5.69 Å². The molecule has 0 heterocycles. The first-order valence-corrected chi connectivity index (χ1v) is 5.14. The average Bonchev–Trinajstić information content (AvgIpc) is 2.36. The van der Waals surface area contributed by atoms with Crippen LogP contribution >= 0.6 is 0 Å². The van der Waals surface area contributed by atoms with Crippen molar-refractivity contribution in [2.45, 2.75) is 12.8 Å². The summed E-state index contributed by atoms with van der Waals surface area (Å²) in [5, 5.41) is 12.9. The van der Waals surface area contributed by atoms with Crippen molar-refractivity contribution in [1.82, 2.24) is 0 Å². The van der Waals surface area contributed by atoms with Crippen LogP contribution in [0.15, 0.2) is 24.3 Å². The number of carbonyl (C=O) groups excluding carboxylic acids is 2. The molecule has 0 spiro atoms. The number of benzene rings is 1. The van der Waals surface area contributed by atoms with Gasteiger partial charge in [0.05, 0.1) is 18.5 Å². The summed E-state index contributed by atoms with van der Waals surface area (Å²) in [6, 6.07) is 5.42. The van der Waals surface area contributed by atoms with Gasteiger partial charge < -0.3 is 10.1 Å². The molecule has 0 fully saturated rings. The summed E-state index contributed by atoms with van der Waals surface area (Å²) >= 11 is 0. The average molecular weight is 252 g/mol. The quantitative estimate of drug-likeness (QED) is 0.486. The molecule has 7 heteroatoms. The van der Waals surface area contributed by atoms with Gasteiger partial charge in [-0.25, -0.2) is 0 Å². The van der Waals surface area contributed by atoms with Crippen molar-refractivity contribution in [1.29, 1.82) is 0 Å². The van der Waals surface area contributed by atoms with Crippen LogP contribution in [0.1, 0.15) is 12.8 Å². The molecule has 0 saturated heterocycles. The highest BCUT2D eigenvalue weighted by molar-refractivity contribution is 5.92. The number of ether oxygens (including phenoxy) is 1. The molecule has 0 radical (unpaired) electrons. The molecule has 0 aliphatic carbocycles. The van der Waals surface area contributed by atoms with E-state index in [0.717, 1.165) is 0 Å². The summed E-state index contributed by atoms with van der Waals surface area (Å²) in [5.41, 5.74) is 0.387. The van der Waals surface area contributed by atoms with Crippen LogP contribution in [0.4, 0.5) is 11.4 Å². The van der Waals surface area contributed by atoms with Gasteiger partial charge in [0.1, 0.15) is 0 Å². The number of methoxy groups -OCH3 is 1. The van der Waals surface area contributed by atoms with E-state index in [2.05, 4.69) is 10.1 Å². The summed E-state index contributed by atoms with van der Waals surface area (Å²) in [5.74, 6) is -0.817. The Bertz CT molecular complexity index is 455. The summed E-state index contributed by atoms with van der Waals surface area (Å²) in [6.45, 7) is 0. The Morgan fingerprint density at radius 3 is 2.39 bits per heavy atom. The Morgan fingerprint density at radius 1 is 1.28 bits per heavy atom. The Morgan fingerprint density at radius 2 is 1.89 bits per heavy atom. The van der Waals surface area contributed by atoms with Crippen LogP contribution in [-0.2, 0) is 14.3 Å². The first kappa shape index (κ1) is 13.6. The molecule has 0 aromatic heterocycles. The van der Waals surface area contributed by atoms with E-state index in [1.807, 2.05) is 0 Å². The lowest BCUT2D eigenvalue weighted by Crippen LogP contribution is -2.13. The van der Waals surface area contributed by atoms with Gasteiger partial charge in [-0.1, -0.05) is 0 Å². The normalized spacial score (nSPS) is 9.61. The predicted octanol–water partition coefficient (Wildman–Crippen LogP) is 1.49. The molecule has 0 unspecified atom stereocenters. The molecule has 0 aliphatic heterocycles. The molecule has 0 bridgehead atoms. The third-order valence-electron chi connectivity index (χ3n) is 2.15. The highest BCUT2D eigenvalue weighted by Crippen LogP contribution is 2.15. The molecule has 7 nitrogen and oxygen atoms in total. The second-order valence-electron chi connectivity index (χ2n) is 3.43. The minimum absolute atomic E-state index is 0.00363. The van der Waals surface area contributed by atoms with Gasteiger partial charge in [-0.15, -0.1) is 0 Å². The third-order valence-corrected chi connectivity index (χ3v) is 2.15. The van der Waals surface area contributed by atoms with Crippen molar-refractivity contribution in [3.63, 3.8) is 0 Å². The fraction of sp³-hybridized carbons (Fsp3) is 0.273. The Hall–Kier alpha value is -2.44.